The highest BCUT2D eigenvalue weighted by Gasteiger charge is 2.49. The molecule has 5 rings (SSSR count). The Kier molecular flexibility index (Phi) is 4.14. The summed E-state index contributed by atoms with van der Waals surface area (Å²) < 4.78 is 11.4. The Labute approximate surface area is 169 Å². The molecule has 0 radical (unpaired) electrons. The van der Waals surface area contributed by atoms with Gasteiger partial charge in [0.15, 0.2) is 12.3 Å². The fraction of sp³-hybridized carbons (Fsp3) is 0.250. The zero-order chi connectivity index (χ0) is 20.1. The van der Waals surface area contributed by atoms with Crippen LogP contribution in [0.1, 0.15) is 35.5 Å². The Bertz CT molecular complexity index is 1140. The molecule has 3 atom stereocenters. The maximum atomic E-state index is 12.6. The van der Waals surface area contributed by atoms with Crippen molar-refractivity contribution in [3.05, 3.63) is 77.0 Å². The van der Waals surface area contributed by atoms with E-state index in [9.17, 15) is 4.79 Å². The Morgan fingerprint density at radius 2 is 1.90 bits per heavy atom. The second kappa shape index (κ2) is 6.71. The van der Waals surface area contributed by atoms with Crippen molar-refractivity contribution in [1.82, 2.24) is 9.88 Å². The Morgan fingerprint density at radius 3 is 2.66 bits per heavy atom. The zero-order valence-corrected chi connectivity index (χ0v) is 16.6. The van der Waals surface area contributed by atoms with Crippen LogP contribution < -0.4 is 0 Å². The summed E-state index contributed by atoms with van der Waals surface area (Å²) in [6.45, 7) is 3.98. The molecule has 0 spiro atoms. The number of rotatable bonds is 2. The van der Waals surface area contributed by atoms with E-state index in [-0.39, 0.29) is 18.3 Å². The van der Waals surface area contributed by atoms with Crippen molar-refractivity contribution in [2.24, 2.45) is 0 Å². The number of aryl methyl sites for hydroxylation is 1. The van der Waals surface area contributed by atoms with Gasteiger partial charge >= 0.3 is 5.97 Å². The van der Waals surface area contributed by atoms with Crippen LogP contribution in [0.25, 0.3) is 22.7 Å². The summed E-state index contributed by atoms with van der Waals surface area (Å²) in [5.41, 5.74) is 5.91. The van der Waals surface area contributed by atoms with Crippen molar-refractivity contribution in [2.45, 2.75) is 32.2 Å². The Morgan fingerprint density at radius 1 is 1.14 bits per heavy atom. The lowest BCUT2D eigenvalue weighted by Gasteiger charge is -2.35. The van der Waals surface area contributed by atoms with Crippen LogP contribution in [0.3, 0.4) is 0 Å². The molecule has 146 valence electrons. The summed E-state index contributed by atoms with van der Waals surface area (Å²) in [6.07, 6.45) is 1.36. The molecule has 0 unspecified atom stereocenters. The van der Waals surface area contributed by atoms with Gasteiger partial charge in [0.2, 0.25) is 0 Å². The van der Waals surface area contributed by atoms with Gasteiger partial charge in [0.25, 0.3) is 0 Å². The number of para-hydroxylation sites is 1. The molecule has 0 amide bonds. The normalized spacial score (nSPS) is 22.8. The SMILES string of the molecule is COC(=O)[C@@H]1[C@@H](C)O[C@H]2c3cc4ccccc4nc3C=C(c3ccc(C)cc3)N12. The first-order chi connectivity index (χ1) is 14.1. The first kappa shape index (κ1) is 17.9. The van der Waals surface area contributed by atoms with Crippen LogP contribution in [0.2, 0.25) is 0 Å². The van der Waals surface area contributed by atoms with Gasteiger partial charge in [-0.15, -0.1) is 0 Å². The molecule has 0 N–H and O–H groups in total. The smallest absolute Gasteiger partial charge is 0.331 e. The lowest BCUT2D eigenvalue weighted by atomic mass is 9.97. The third kappa shape index (κ3) is 2.81. The number of ether oxygens (including phenoxy) is 2. The molecule has 1 saturated heterocycles. The largest absolute Gasteiger partial charge is 0.467 e. The number of carbonyl (C=O) groups is 1. The average molecular weight is 386 g/mol. The number of pyridine rings is 1. The van der Waals surface area contributed by atoms with Crippen LogP contribution >= 0.6 is 0 Å². The third-order valence-corrected chi connectivity index (χ3v) is 5.73. The first-order valence-electron chi connectivity index (χ1n) is 9.77. The average Bonchev–Trinajstić information content (AvgIpc) is 3.09. The van der Waals surface area contributed by atoms with Gasteiger partial charge in [0.1, 0.15) is 0 Å². The minimum atomic E-state index is -0.517. The van der Waals surface area contributed by atoms with Gasteiger partial charge in [-0.3, -0.25) is 0 Å². The molecule has 2 aliphatic heterocycles. The lowest BCUT2D eigenvalue weighted by molar-refractivity contribution is -0.145. The quantitative estimate of drug-likeness (QED) is 0.614. The van der Waals surface area contributed by atoms with Gasteiger partial charge in [-0.2, -0.15) is 0 Å². The fourth-order valence-electron chi connectivity index (χ4n) is 4.26. The van der Waals surface area contributed by atoms with Crippen molar-refractivity contribution in [3.8, 4) is 0 Å². The number of benzene rings is 2. The minimum Gasteiger partial charge on any atom is -0.467 e. The predicted octanol–water partition coefficient (Wildman–Crippen LogP) is 4.32. The van der Waals surface area contributed by atoms with Crippen molar-refractivity contribution in [2.75, 3.05) is 7.11 Å². The van der Waals surface area contributed by atoms with Gasteiger partial charge in [-0.1, -0.05) is 48.0 Å². The van der Waals surface area contributed by atoms with Crippen LogP contribution in [0, 0.1) is 6.92 Å². The molecule has 5 nitrogen and oxygen atoms in total. The van der Waals surface area contributed by atoms with Crippen LogP contribution in [0.4, 0.5) is 0 Å². The number of hydrogen-bond donors (Lipinski definition) is 0. The molecular weight excluding hydrogens is 364 g/mol. The first-order valence-corrected chi connectivity index (χ1v) is 9.77. The van der Waals surface area contributed by atoms with Crippen LogP contribution in [-0.4, -0.2) is 35.1 Å². The fourth-order valence-corrected chi connectivity index (χ4v) is 4.26. The van der Waals surface area contributed by atoms with Crippen molar-refractivity contribution < 1.29 is 14.3 Å². The molecule has 1 aromatic heterocycles. The van der Waals surface area contributed by atoms with Crippen LogP contribution in [0.5, 0.6) is 0 Å². The highest BCUT2D eigenvalue weighted by Crippen LogP contribution is 2.46. The van der Waals surface area contributed by atoms with Crippen LogP contribution in [-0.2, 0) is 14.3 Å². The van der Waals surface area contributed by atoms with E-state index in [1.165, 1.54) is 12.7 Å². The summed E-state index contributed by atoms with van der Waals surface area (Å²) in [5.74, 6) is -0.296. The van der Waals surface area contributed by atoms with E-state index >= 15 is 0 Å². The summed E-state index contributed by atoms with van der Waals surface area (Å²) in [7, 11) is 1.42. The van der Waals surface area contributed by atoms with E-state index in [4.69, 9.17) is 14.5 Å². The number of carbonyl (C=O) groups excluding carboxylic acids is 1. The number of methoxy groups -OCH3 is 1. The molecular formula is C24H22N2O3. The second-order valence-electron chi connectivity index (χ2n) is 7.62. The second-order valence-corrected chi connectivity index (χ2v) is 7.62. The van der Waals surface area contributed by atoms with E-state index in [1.54, 1.807) is 0 Å². The number of fused-ring (bicyclic) bond motifs is 4. The summed E-state index contributed by atoms with van der Waals surface area (Å²) in [4.78, 5) is 19.6. The molecule has 0 aliphatic carbocycles. The lowest BCUT2D eigenvalue weighted by Crippen LogP contribution is -2.42. The monoisotopic (exact) mass is 386 g/mol. The Hall–Kier alpha value is -3.18. The van der Waals surface area contributed by atoms with Gasteiger partial charge in [-0.05, 0) is 37.6 Å². The minimum absolute atomic E-state index is 0.296. The molecule has 0 saturated carbocycles. The number of aromatic nitrogens is 1. The van der Waals surface area contributed by atoms with E-state index in [0.717, 1.165) is 33.4 Å². The maximum Gasteiger partial charge on any atom is 0.331 e. The van der Waals surface area contributed by atoms with E-state index in [2.05, 4.69) is 43.3 Å². The highest BCUT2D eigenvalue weighted by atomic mass is 16.6. The molecule has 1 fully saturated rings. The van der Waals surface area contributed by atoms with E-state index < -0.39 is 6.04 Å². The van der Waals surface area contributed by atoms with E-state index in [1.807, 2.05) is 36.1 Å². The zero-order valence-electron chi connectivity index (χ0n) is 16.6. The van der Waals surface area contributed by atoms with Crippen molar-refractivity contribution in [1.29, 1.82) is 0 Å². The molecule has 3 heterocycles. The van der Waals surface area contributed by atoms with Gasteiger partial charge < -0.3 is 14.4 Å². The van der Waals surface area contributed by atoms with Gasteiger partial charge in [0, 0.05) is 16.6 Å². The van der Waals surface area contributed by atoms with E-state index in [0.29, 0.717) is 0 Å². The number of esters is 1. The summed E-state index contributed by atoms with van der Waals surface area (Å²) in [5, 5.41) is 1.05. The number of hydrogen-bond acceptors (Lipinski definition) is 5. The molecule has 3 aromatic rings. The van der Waals surface area contributed by atoms with Gasteiger partial charge in [0.05, 0.1) is 24.4 Å². The van der Waals surface area contributed by atoms with Crippen molar-refractivity contribution in [3.63, 3.8) is 0 Å². The number of nitrogens with zero attached hydrogens (tertiary/aromatic N) is 2. The Balaban J connectivity index is 1.74. The third-order valence-electron chi connectivity index (χ3n) is 5.73. The molecule has 29 heavy (non-hydrogen) atoms. The topological polar surface area (TPSA) is 51.7 Å². The van der Waals surface area contributed by atoms with Crippen LogP contribution in [0.15, 0.2) is 54.6 Å². The molecule has 2 aliphatic rings. The predicted molar refractivity (Wildman–Crippen MR) is 112 cm³/mol. The standard InChI is InChI=1S/C24H22N2O3/c1-14-8-10-16(11-9-14)21-13-20-18(12-17-6-4-5-7-19(17)25-20)23-26(21)22(15(2)29-23)24(27)28-3/h4-13,15,22-23H,1-3H3/t15-,22+,23+/m1/s1. The molecule has 5 heteroatoms. The van der Waals surface area contributed by atoms with Gasteiger partial charge in [-0.25, -0.2) is 9.78 Å². The summed E-state index contributed by atoms with van der Waals surface area (Å²) in [6, 6.07) is 17.9. The highest BCUT2D eigenvalue weighted by molar-refractivity contribution is 5.90. The molecule has 0 bridgehead atoms. The van der Waals surface area contributed by atoms with Crippen molar-refractivity contribution >= 4 is 28.6 Å². The summed E-state index contributed by atoms with van der Waals surface area (Å²) >= 11 is 0. The molecule has 2 aromatic carbocycles. The maximum absolute atomic E-state index is 12.6.